The molecule has 5 nitrogen and oxygen atoms in total. The Bertz CT molecular complexity index is 674. The van der Waals surface area contributed by atoms with Gasteiger partial charge in [-0.05, 0) is 55.4 Å². The van der Waals surface area contributed by atoms with Crippen molar-refractivity contribution in [1.82, 2.24) is 14.9 Å². The first-order valence-electron chi connectivity index (χ1n) is 7.73. The van der Waals surface area contributed by atoms with Gasteiger partial charge in [-0.15, -0.1) is 0 Å². The Morgan fingerprint density at radius 1 is 1.33 bits per heavy atom. The average Bonchev–Trinajstić information content (AvgIpc) is 2.78. The molecular weight excluding hydrogens is 264 g/mol. The number of carbonyl (C=O) groups excluding carboxylic acids is 1. The molecule has 5 heteroatoms. The van der Waals surface area contributed by atoms with Gasteiger partial charge in [-0.3, -0.25) is 4.79 Å². The molecule has 0 saturated heterocycles. The lowest BCUT2D eigenvalue weighted by molar-refractivity contribution is -0.121. The minimum atomic E-state index is -0.0134. The van der Waals surface area contributed by atoms with Gasteiger partial charge in [-0.2, -0.15) is 0 Å². The van der Waals surface area contributed by atoms with E-state index in [4.69, 9.17) is 5.73 Å². The first kappa shape index (κ1) is 13.9. The number of rotatable bonds is 4. The largest absolute Gasteiger partial charge is 0.369 e. The standard InChI is InChI=1S/C16H22N4O/c1-2-7-18-15(21)10-20-14-9-12-6-4-3-5-11(12)8-13(14)19-16(20)17/h8-9H,2-7,10H2,1H3,(H2,17,19)(H,18,21). The van der Waals surface area contributed by atoms with Gasteiger partial charge in [0.2, 0.25) is 11.9 Å². The number of nitrogens with zero attached hydrogens (tertiary/aromatic N) is 2. The van der Waals surface area contributed by atoms with Crippen molar-refractivity contribution in [2.75, 3.05) is 12.3 Å². The quantitative estimate of drug-likeness (QED) is 0.903. The molecule has 0 fully saturated rings. The molecule has 1 aliphatic carbocycles. The topological polar surface area (TPSA) is 72.9 Å². The van der Waals surface area contributed by atoms with Crippen LogP contribution in [-0.2, 0) is 24.2 Å². The number of nitrogens with two attached hydrogens (primary N) is 1. The Kier molecular flexibility index (Phi) is 3.82. The van der Waals surface area contributed by atoms with Gasteiger partial charge in [-0.1, -0.05) is 6.92 Å². The SMILES string of the molecule is CCCNC(=O)Cn1c(N)nc2cc3c(cc21)CCCC3. The van der Waals surface area contributed by atoms with E-state index in [1.54, 1.807) is 0 Å². The molecule has 0 spiro atoms. The Labute approximate surface area is 124 Å². The van der Waals surface area contributed by atoms with E-state index in [0.29, 0.717) is 12.5 Å². The maximum atomic E-state index is 11.9. The zero-order valence-electron chi connectivity index (χ0n) is 12.5. The van der Waals surface area contributed by atoms with Gasteiger partial charge >= 0.3 is 0 Å². The molecule has 2 aromatic rings. The van der Waals surface area contributed by atoms with E-state index >= 15 is 0 Å². The molecule has 3 N–H and O–H groups in total. The third-order valence-corrected chi connectivity index (χ3v) is 4.12. The van der Waals surface area contributed by atoms with Gasteiger partial charge < -0.3 is 15.6 Å². The Balaban J connectivity index is 1.94. The third-order valence-electron chi connectivity index (χ3n) is 4.12. The Hall–Kier alpha value is -2.04. The summed E-state index contributed by atoms with van der Waals surface area (Å²) in [5, 5.41) is 2.88. The highest BCUT2D eigenvalue weighted by molar-refractivity contribution is 5.84. The van der Waals surface area contributed by atoms with Crippen LogP contribution in [0.1, 0.15) is 37.3 Å². The number of aromatic nitrogens is 2. The summed E-state index contributed by atoms with van der Waals surface area (Å²) in [5.41, 5.74) is 10.6. The number of hydrogen-bond donors (Lipinski definition) is 2. The van der Waals surface area contributed by atoms with Gasteiger partial charge in [0.1, 0.15) is 6.54 Å². The van der Waals surface area contributed by atoms with E-state index < -0.39 is 0 Å². The second-order valence-corrected chi connectivity index (χ2v) is 5.72. The normalized spacial score (nSPS) is 14.1. The number of imidazole rings is 1. The van der Waals surface area contributed by atoms with Crippen molar-refractivity contribution in [3.63, 3.8) is 0 Å². The van der Waals surface area contributed by atoms with E-state index in [-0.39, 0.29) is 12.5 Å². The Morgan fingerprint density at radius 2 is 2.05 bits per heavy atom. The first-order chi connectivity index (χ1) is 10.2. The minimum Gasteiger partial charge on any atom is -0.369 e. The molecule has 0 atom stereocenters. The summed E-state index contributed by atoms with van der Waals surface area (Å²) >= 11 is 0. The molecule has 21 heavy (non-hydrogen) atoms. The van der Waals surface area contributed by atoms with Crippen LogP contribution in [-0.4, -0.2) is 22.0 Å². The van der Waals surface area contributed by atoms with Gasteiger partial charge in [0.05, 0.1) is 11.0 Å². The van der Waals surface area contributed by atoms with Crippen LogP contribution >= 0.6 is 0 Å². The van der Waals surface area contributed by atoms with E-state index in [9.17, 15) is 4.79 Å². The maximum absolute atomic E-state index is 11.9. The fourth-order valence-corrected chi connectivity index (χ4v) is 3.00. The van der Waals surface area contributed by atoms with Gasteiger partial charge in [0, 0.05) is 6.54 Å². The van der Waals surface area contributed by atoms with Crippen molar-refractivity contribution < 1.29 is 4.79 Å². The molecule has 0 radical (unpaired) electrons. The molecule has 1 heterocycles. The number of amides is 1. The van der Waals surface area contributed by atoms with E-state index in [0.717, 1.165) is 30.3 Å². The third kappa shape index (κ3) is 2.73. The molecule has 1 amide bonds. The minimum absolute atomic E-state index is 0.0134. The Morgan fingerprint density at radius 3 is 2.76 bits per heavy atom. The van der Waals surface area contributed by atoms with Crippen LogP contribution in [0, 0.1) is 0 Å². The summed E-state index contributed by atoms with van der Waals surface area (Å²) in [6, 6.07) is 4.31. The number of carbonyl (C=O) groups is 1. The highest BCUT2D eigenvalue weighted by atomic mass is 16.1. The maximum Gasteiger partial charge on any atom is 0.240 e. The fourth-order valence-electron chi connectivity index (χ4n) is 3.00. The summed E-state index contributed by atoms with van der Waals surface area (Å²) < 4.78 is 1.81. The molecule has 0 bridgehead atoms. The molecule has 0 unspecified atom stereocenters. The number of hydrogen-bond acceptors (Lipinski definition) is 3. The molecule has 1 aromatic carbocycles. The van der Waals surface area contributed by atoms with Gasteiger partial charge in [0.25, 0.3) is 0 Å². The van der Waals surface area contributed by atoms with Crippen molar-refractivity contribution in [1.29, 1.82) is 0 Å². The van der Waals surface area contributed by atoms with Crippen LogP contribution in [0.3, 0.4) is 0 Å². The number of fused-ring (bicyclic) bond motifs is 2. The van der Waals surface area contributed by atoms with Crippen LogP contribution in [0.2, 0.25) is 0 Å². The zero-order chi connectivity index (χ0) is 14.8. The smallest absolute Gasteiger partial charge is 0.240 e. The van der Waals surface area contributed by atoms with Crippen molar-refractivity contribution >= 4 is 22.9 Å². The number of benzene rings is 1. The van der Waals surface area contributed by atoms with E-state index in [1.165, 1.54) is 24.0 Å². The monoisotopic (exact) mass is 286 g/mol. The predicted octanol–water partition coefficient (Wildman–Crippen LogP) is 2.02. The van der Waals surface area contributed by atoms with E-state index in [2.05, 4.69) is 22.4 Å². The average molecular weight is 286 g/mol. The van der Waals surface area contributed by atoms with Gasteiger partial charge in [-0.25, -0.2) is 4.98 Å². The second-order valence-electron chi connectivity index (χ2n) is 5.72. The summed E-state index contributed by atoms with van der Waals surface area (Å²) in [5.74, 6) is 0.402. The van der Waals surface area contributed by atoms with Crippen LogP contribution in [0.25, 0.3) is 11.0 Å². The molecule has 1 aromatic heterocycles. The fraction of sp³-hybridized carbons (Fsp3) is 0.500. The highest BCUT2D eigenvalue weighted by Crippen LogP contribution is 2.27. The molecule has 0 aliphatic heterocycles. The summed E-state index contributed by atoms with van der Waals surface area (Å²) in [6.45, 7) is 2.97. The number of aryl methyl sites for hydroxylation is 2. The van der Waals surface area contributed by atoms with Crippen LogP contribution in [0.15, 0.2) is 12.1 Å². The van der Waals surface area contributed by atoms with Gasteiger partial charge in [0.15, 0.2) is 0 Å². The highest BCUT2D eigenvalue weighted by Gasteiger charge is 2.16. The van der Waals surface area contributed by atoms with Crippen LogP contribution in [0.5, 0.6) is 0 Å². The summed E-state index contributed by atoms with van der Waals surface area (Å²) in [7, 11) is 0. The lowest BCUT2D eigenvalue weighted by atomic mass is 9.91. The summed E-state index contributed by atoms with van der Waals surface area (Å²) in [4.78, 5) is 16.4. The van der Waals surface area contributed by atoms with Crippen molar-refractivity contribution in [2.45, 2.75) is 45.6 Å². The lowest BCUT2D eigenvalue weighted by Crippen LogP contribution is -2.28. The first-order valence-corrected chi connectivity index (χ1v) is 7.73. The van der Waals surface area contributed by atoms with Crippen LogP contribution in [0.4, 0.5) is 5.95 Å². The molecule has 112 valence electrons. The second kappa shape index (κ2) is 5.76. The van der Waals surface area contributed by atoms with Crippen molar-refractivity contribution in [3.8, 4) is 0 Å². The molecule has 3 rings (SSSR count). The molecular formula is C16H22N4O. The van der Waals surface area contributed by atoms with Crippen molar-refractivity contribution in [2.24, 2.45) is 0 Å². The zero-order valence-corrected chi connectivity index (χ0v) is 12.5. The van der Waals surface area contributed by atoms with Crippen LogP contribution < -0.4 is 11.1 Å². The molecule has 1 aliphatic rings. The molecule has 0 saturated carbocycles. The predicted molar refractivity (Wildman–Crippen MR) is 84.1 cm³/mol. The van der Waals surface area contributed by atoms with E-state index in [1.807, 2.05) is 11.5 Å². The van der Waals surface area contributed by atoms with Crippen molar-refractivity contribution in [3.05, 3.63) is 23.3 Å². The number of nitrogen functional groups attached to an aromatic ring is 1. The number of nitrogens with one attached hydrogen (secondary N) is 1. The number of anilines is 1. The summed E-state index contributed by atoms with van der Waals surface area (Å²) in [6.07, 6.45) is 5.64. The lowest BCUT2D eigenvalue weighted by Gasteiger charge is -2.15.